The minimum absolute atomic E-state index is 0. The summed E-state index contributed by atoms with van der Waals surface area (Å²) in [6, 6.07) is 0. The number of aliphatic hydroxyl groups excluding tert-OH is 1. The molecule has 0 saturated carbocycles. The van der Waals surface area contributed by atoms with E-state index >= 15 is 0 Å². The van der Waals surface area contributed by atoms with Gasteiger partial charge < -0.3 is 10.0 Å². The van der Waals surface area contributed by atoms with Gasteiger partial charge in [-0.25, -0.2) is 0 Å². The Hall–Kier alpha value is 0.210. The maximum atomic E-state index is 7.57. The zero-order valence-electron chi connectivity index (χ0n) is 10.3. The lowest BCUT2D eigenvalue weighted by molar-refractivity contribution is 0.275. The predicted molar refractivity (Wildman–Crippen MR) is 67.3 cm³/mol. The van der Waals surface area contributed by atoms with Crippen LogP contribution in [0.1, 0.15) is 47.0 Å². The summed E-state index contributed by atoms with van der Waals surface area (Å²) in [6.45, 7) is 12.5. The summed E-state index contributed by atoms with van der Waals surface area (Å²) < 4.78 is 0. The fraction of sp³-hybridized carbons (Fsp3) is 1.00. The van der Waals surface area contributed by atoms with Gasteiger partial charge in [0.1, 0.15) is 0 Å². The average molecular weight is 226 g/mol. The molecule has 3 heteroatoms. The van der Waals surface area contributed by atoms with Gasteiger partial charge in [0.05, 0.1) is 0 Å². The van der Waals surface area contributed by atoms with Gasteiger partial charge in [-0.05, 0) is 45.8 Å². The molecule has 0 saturated heterocycles. The summed E-state index contributed by atoms with van der Waals surface area (Å²) in [5.74, 6) is 0. The number of aliphatic hydroxyl groups is 1. The van der Waals surface area contributed by atoms with Crippen LogP contribution in [0.3, 0.4) is 0 Å². The summed E-state index contributed by atoms with van der Waals surface area (Å²) in [5, 5.41) is 7.57. The van der Waals surface area contributed by atoms with Crippen LogP contribution in [-0.4, -0.2) is 36.2 Å². The van der Waals surface area contributed by atoms with Crippen molar-refractivity contribution in [1.29, 1.82) is 0 Å². The molecule has 90 valence electrons. The first-order valence-electron chi connectivity index (χ1n) is 5.59. The van der Waals surface area contributed by atoms with E-state index in [2.05, 4.69) is 25.7 Å². The molecule has 0 amide bonds. The van der Waals surface area contributed by atoms with Crippen LogP contribution in [0.5, 0.6) is 0 Å². The molecular formula is C11H28ClNO. The first-order chi connectivity index (χ1) is 6.26. The molecule has 0 heterocycles. The Labute approximate surface area is 96.1 Å². The number of rotatable bonds is 6. The molecule has 14 heavy (non-hydrogen) atoms. The van der Waals surface area contributed by atoms with Crippen LogP contribution in [0.4, 0.5) is 0 Å². The number of halogens is 1. The Morgan fingerprint density at radius 2 is 1.00 bits per heavy atom. The molecule has 0 spiro atoms. The molecule has 0 aromatic carbocycles. The molecule has 0 aliphatic carbocycles. The highest BCUT2D eigenvalue weighted by Crippen LogP contribution is 1.94. The Morgan fingerprint density at radius 3 is 1.14 bits per heavy atom. The first-order valence-corrected chi connectivity index (χ1v) is 5.59. The fourth-order valence-corrected chi connectivity index (χ4v) is 1.28. The highest BCUT2D eigenvalue weighted by Gasteiger charge is 1.98. The Morgan fingerprint density at radius 1 is 0.786 bits per heavy atom. The molecule has 1 N–H and O–H groups in total. The van der Waals surface area contributed by atoms with E-state index in [1.165, 1.54) is 38.9 Å². The minimum Gasteiger partial charge on any atom is -0.397 e. The van der Waals surface area contributed by atoms with E-state index in [4.69, 9.17) is 5.11 Å². The summed E-state index contributed by atoms with van der Waals surface area (Å²) in [6.07, 6.45) is 3.88. The highest BCUT2D eigenvalue weighted by molar-refractivity contribution is 5.85. The van der Waals surface area contributed by atoms with Crippen molar-refractivity contribution in [2.45, 2.75) is 47.0 Å². The number of hydrogen-bond donors (Lipinski definition) is 1. The standard InChI is InChI=1S/C9H21N.C2H6O.ClH/c1-4-7-10(8-5-2)9-6-3;1-2-3;/h4-9H2,1-3H3;3H,2H2,1H3;1H. The van der Waals surface area contributed by atoms with Crippen LogP contribution >= 0.6 is 12.4 Å². The van der Waals surface area contributed by atoms with Gasteiger partial charge >= 0.3 is 0 Å². The van der Waals surface area contributed by atoms with Crippen LogP contribution in [0, 0.1) is 0 Å². The Kier molecular flexibility index (Phi) is 26.6. The highest BCUT2D eigenvalue weighted by atomic mass is 35.5. The third kappa shape index (κ3) is 18.1. The molecule has 0 aliphatic heterocycles. The van der Waals surface area contributed by atoms with Gasteiger partial charge in [-0.3, -0.25) is 0 Å². The van der Waals surface area contributed by atoms with E-state index < -0.39 is 0 Å². The van der Waals surface area contributed by atoms with Crippen molar-refractivity contribution >= 4 is 12.4 Å². The second kappa shape index (κ2) is 18.9. The number of nitrogens with zero attached hydrogens (tertiary/aromatic N) is 1. The van der Waals surface area contributed by atoms with E-state index in [1.807, 2.05) is 0 Å². The van der Waals surface area contributed by atoms with Gasteiger partial charge in [-0.2, -0.15) is 0 Å². The molecule has 0 unspecified atom stereocenters. The van der Waals surface area contributed by atoms with Crippen LogP contribution < -0.4 is 0 Å². The first kappa shape index (κ1) is 19.7. The van der Waals surface area contributed by atoms with Crippen LogP contribution in [0.2, 0.25) is 0 Å². The molecule has 0 aliphatic rings. The van der Waals surface area contributed by atoms with Crippen LogP contribution in [-0.2, 0) is 0 Å². The molecule has 0 aromatic rings. The monoisotopic (exact) mass is 225 g/mol. The zero-order valence-corrected chi connectivity index (χ0v) is 11.1. The van der Waals surface area contributed by atoms with Crippen molar-refractivity contribution in [3.63, 3.8) is 0 Å². The predicted octanol–water partition coefficient (Wildman–Crippen LogP) is 2.94. The quantitative estimate of drug-likeness (QED) is 0.752. The van der Waals surface area contributed by atoms with Crippen molar-refractivity contribution < 1.29 is 5.11 Å². The van der Waals surface area contributed by atoms with E-state index in [0.717, 1.165) is 0 Å². The van der Waals surface area contributed by atoms with Crippen molar-refractivity contribution in [1.82, 2.24) is 4.90 Å². The van der Waals surface area contributed by atoms with Gasteiger partial charge in [0.15, 0.2) is 0 Å². The van der Waals surface area contributed by atoms with E-state index in [1.54, 1.807) is 6.92 Å². The fourth-order valence-electron chi connectivity index (χ4n) is 1.28. The van der Waals surface area contributed by atoms with Crippen molar-refractivity contribution in [3.05, 3.63) is 0 Å². The maximum absolute atomic E-state index is 7.57. The zero-order chi connectivity index (χ0) is 10.5. The SMILES string of the molecule is CCCN(CCC)CCC.CCO.Cl. The molecule has 0 atom stereocenters. The summed E-state index contributed by atoms with van der Waals surface area (Å²) in [4.78, 5) is 2.54. The summed E-state index contributed by atoms with van der Waals surface area (Å²) in [7, 11) is 0. The lowest BCUT2D eigenvalue weighted by Crippen LogP contribution is -2.25. The van der Waals surface area contributed by atoms with Crippen molar-refractivity contribution in [2.24, 2.45) is 0 Å². The van der Waals surface area contributed by atoms with Gasteiger partial charge in [-0.1, -0.05) is 20.8 Å². The third-order valence-electron chi connectivity index (χ3n) is 1.62. The topological polar surface area (TPSA) is 23.5 Å². The maximum Gasteiger partial charge on any atom is 0.0402 e. The Bertz CT molecular complexity index is 67.4. The minimum atomic E-state index is 0. The molecule has 0 aromatic heterocycles. The van der Waals surface area contributed by atoms with Crippen molar-refractivity contribution in [3.8, 4) is 0 Å². The number of hydrogen-bond acceptors (Lipinski definition) is 2. The Balaban J connectivity index is -0.000000267. The van der Waals surface area contributed by atoms with Gasteiger partial charge in [0.2, 0.25) is 0 Å². The normalized spacial score (nSPS) is 9.00. The second-order valence-electron chi connectivity index (χ2n) is 3.16. The van der Waals surface area contributed by atoms with Gasteiger partial charge in [-0.15, -0.1) is 12.4 Å². The molecule has 0 fully saturated rings. The molecule has 0 rings (SSSR count). The van der Waals surface area contributed by atoms with Gasteiger partial charge in [0.25, 0.3) is 0 Å². The van der Waals surface area contributed by atoms with Crippen molar-refractivity contribution in [2.75, 3.05) is 26.2 Å². The van der Waals surface area contributed by atoms with Crippen LogP contribution in [0.15, 0.2) is 0 Å². The van der Waals surface area contributed by atoms with Crippen LogP contribution in [0.25, 0.3) is 0 Å². The summed E-state index contributed by atoms with van der Waals surface area (Å²) >= 11 is 0. The smallest absolute Gasteiger partial charge is 0.0402 e. The summed E-state index contributed by atoms with van der Waals surface area (Å²) in [5.41, 5.74) is 0. The molecule has 0 bridgehead atoms. The van der Waals surface area contributed by atoms with Gasteiger partial charge in [0, 0.05) is 6.61 Å². The molecule has 2 nitrogen and oxygen atoms in total. The van der Waals surface area contributed by atoms with E-state index in [-0.39, 0.29) is 19.0 Å². The third-order valence-corrected chi connectivity index (χ3v) is 1.62. The molecular weight excluding hydrogens is 198 g/mol. The molecule has 0 radical (unpaired) electrons. The van der Waals surface area contributed by atoms with E-state index in [9.17, 15) is 0 Å². The lowest BCUT2D eigenvalue weighted by atomic mass is 10.3. The largest absolute Gasteiger partial charge is 0.397 e. The lowest BCUT2D eigenvalue weighted by Gasteiger charge is -2.19. The second-order valence-corrected chi connectivity index (χ2v) is 3.16. The van der Waals surface area contributed by atoms with E-state index in [0.29, 0.717) is 0 Å². The average Bonchev–Trinajstić information content (AvgIpc) is 2.07.